The summed E-state index contributed by atoms with van der Waals surface area (Å²) in [6, 6.07) is 1.92. The van der Waals surface area contributed by atoms with E-state index in [0.717, 1.165) is 19.5 Å². The molecule has 1 aliphatic heterocycles. The van der Waals surface area contributed by atoms with Gasteiger partial charge in [0.1, 0.15) is 5.76 Å². The maximum absolute atomic E-state index is 11.7. The molecule has 0 saturated carbocycles. The highest BCUT2D eigenvalue weighted by Crippen LogP contribution is 2.15. The lowest BCUT2D eigenvalue weighted by atomic mass is 10.2. The van der Waals surface area contributed by atoms with E-state index in [1.165, 1.54) is 6.42 Å². The molecule has 0 radical (unpaired) electrons. The Morgan fingerprint density at radius 2 is 2.50 bits per heavy atom. The van der Waals surface area contributed by atoms with E-state index in [0.29, 0.717) is 24.2 Å². The van der Waals surface area contributed by atoms with Crippen molar-refractivity contribution in [3.63, 3.8) is 0 Å². The molecule has 1 aliphatic rings. The molecule has 2 N–H and O–H groups in total. The van der Waals surface area contributed by atoms with Gasteiger partial charge < -0.3 is 9.84 Å². The van der Waals surface area contributed by atoms with Crippen LogP contribution in [0.25, 0.3) is 0 Å². The average molecular weight is 252 g/mol. The normalized spacial score (nSPS) is 20.0. The zero-order valence-corrected chi connectivity index (χ0v) is 10.9. The third-order valence-electron chi connectivity index (χ3n) is 3.27. The molecule has 2 heterocycles. The van der Waals surface area contributed by atoms with Crippen LogP contribution < -0.4 is 10.6 Å². The second-order valence-corrected chi connectivity index (χ2v) is 4.58. The van der Waals surface area contributed by atoms with Gasteiger partial charge in [-0.05, 0) is 32.9 Å². The summed E-state index contributed by atoms with van der Waals surface area (Å²) in [6.07, 6.45) is 2.36. The van der Waals surface area contributed by atoms with E-state index in [1.54, 1.807) is 13.0 Å². The fraction of sp³-hybridized carbons (Fsp3) is 0.667. The number of anilines is 1. The lowest BCUT2D eigenvalue weighted by Gasteiger charge is -2.22. The summed E-state index contributed by atoms with van der Waals surface area (Å²) in [6.45, 7) is 6.78. The minimum absolute atomic E-state index is 0.230. The Balaban J connectivity index is 1.74. The number of nitrogens with one attached hydrogen (secondary N) is 2. The zero-order valence-electron chi connectivity index (χ0n) is 10.9. The number of rotatable bonds is 4. The van der Waals surface area contributed by atoms with Gasteiger partial charge in [-0.1, -0.05) is 12.1 Å². The van der Waals surface area contributed by atoms with Crippen LogP contribution in [0.15, 0.2) is 10.6 Å². The van der Waals surface area contributed by atoms with Gasteiger partial charge >= 0.3 is 6.03 Å². The Kier molecular flexibility index (Phi) is 4.19. The Morgan fingerprint density at radius 1 is 1.67 bits per heavy atom. The van der Waals surface area contributed by atoms with Gasteiger partial charge in [-0.3, -0.25) is 10.2 Å². The molecule has 1 atom stereocenters. The smallest absolute Gasteiger partial charge is 0.320 e. The first-order chi connectivity index (χ1) is 8.69. The van der Waals surface area contributed by atoms with Gasteiger partial charge in [0.05, 0.1) is 0 Å². The SMILES string of the molecule is CCN1CCCC1CNC(=O)Nc1cc(C)on1. The summed E-state index contributed by atoms with van der Waals surface area (Å²) in [5.41, 5.74) is 0. The fourth-order valence-corrected chi connectivity index (χ4v) is 2.34. The Bertz CT molecular complexity index is 405. The zero-order chi connectivity index (χ0) is 13.0. The van der Waals surface area contributed by atoms with E-state index in [2.05, 4.69) is 27.6 Å². The third-order valence-corrected chi connectivity index (χ3v) is 3.27. The van der Waals surface area contributed by atoms with Crippen molar-refractivity contribution in [2.45, 2.75) is 32.7 Å². The van der Waals surface area contributed by atoms with Crippen molar-refractivity contribution >= 4 is 11.8 Å². The number of aryl methyl sites for hydroxylation is 1. The molecule has 2 amide bonds. The maximum Gasteiger partial charge on any atom is 0.320 e. The van der Waals surface area contributed by atoms with Gasteiger partial charge in [0.25, 0.3) is 0 Å². The van der Waals surface area contributed by atoms with Gasteiger partial charge in [-0.15, -0.1) is 0 Å². The Morgan fingerprint density at radius 3 is 3.17 bits per heavy atom. The van der Waals surface area contributed by atoms with Crippen molar-refractivity contribution in [1.82, 2.24) is 15.4 Å². The summed E-state index contributed by atoms with van der Waals surface area (Å²) in [4.78, 5) is 14.0. The van der Waals surface area contributed by atoms with Gasteiger partial charge in [-0.25, -0.2) is 4.79 Å². The summed E-state index contributed by atoms with van der Waals surface area (Å²) in [5, 5.41) is 9.23. The standard InChI is InChI=1S/C12H20N4O2/c1-3-16-6-4-5-10(16)8-13-12(17)14-11-7-9(2)18-15-11/h7,10H,3-6,8H2,1-2H3,(H2,13,14,15,17). The van der Waals surface area contributed by atoms with Crippen molar-refractivity contribution in [3.8, 4) is 0 Å². The highest BCUT2D eigenvalue weighted by Gasteiger charge is 2.23. The molecular weight excluding hydrogens is 232 g/mol. The molecule has 1 aromatic rings. The Labute approximate surface area is 107 Å². The predicted octanol–water partition coefficient (Wildman–Crippen LogP) is 1.59. The minimum Gasteiger partial charge on any atom is -0.360 e. The van der Waals surface area contributed by atoms with Gasteiger partial charge in [0, 0.05) is 18.7 Å². The van der Waals surface area contributed by atoms with Gasteiger partial charge in [-0.2, -0.15) is 0 Å². The van der Waals surface area contributed by atoms with Crippen LogP contribution >= 0.6 is 0 Å². The quantitative estimate of drug-likeness (QED) is 0.853. The topological polar surface area (TPSA) is 70.4 Å². The molecule has 1 saturated heterocycles. The van der Waals surface area contributed by atoms with Crippen LogP contribution in [0.4, 0.5) is 10.6 Å². The largest absolute Gasteiger partial charge is 0.360 e. The third kappa shape index (κ3) is 3.22. The lowest BCUT2D eigenvalue weighted by molar-refractivity contribution is 0.237. The van der Waals surface area contributed by atoms with Crippen LogP contribution in [0.2, 0.25) is 0 Å². The fourth-order valence-electron chi connectivity index (χ4n) is 2.34. The summed E-state index contributed by atoms with van der Waals surface area (Å²) < 4.78 is 4.88. The average Bonchev–Trinajstić information content (AvgIpc) is 2.95. The number of likely N-dealkylation sites (tertiary alicyclic amines) is 1. The minimum atomic E-state index is -0.230. The molecule has 1 fully saturated rings. The van der Waals surface area contributed by atoms with Crippen LogP contribution in [0.1, 0.15) is 25.5 Å². The number of urea groups is 1. The first-order valence-electron chi connectivity index (χ1n) is 6.41. The Hall–Kier alpha value is -1.56. The molecule has 0 aliphatic carbocycles. The van der Waals surface area contributed by atoms with E-state index in [9.17, 15) is 4.79 Å². The van der Waals surface area contributed by atoms with Crippen LogP contribution in [-0.4, -0.2) is 41.8 Å². The number of carbonyl (C=O) groups excluding carboxylic acids is 1. The highest BCUT2D eigenvalue weighted by molar-refractivity contribution is 5.88. The van der Waals surface area contributed by atoms with Crippen molar-refractivity contribution in [1.29, 1.82) is 0 Å². The highest BCUT2D eigenvalue weighted by atomic mass is 16.5. The monoisotopic (exact) mass is 252 g/mol. The molecule has 0 aromatic carbocycles. The number of nitrogens with zero attached hydrogens (tertiary/aromatic N) is 2. The van der Waals surface area contributed by atoms with E-state index < -0.39 is 0 Å². The van der Waals surface area contributed by atoms with Gasteiger partial charge in [0.15, 0.2) is 5.82 Å². The summed E-state index contributed by atoms with van der Waals surface area (Å²) in [5.74, 6) is 1.13. The molecule has 0 spiro atoms. The van der Waals surface area contributed by atoms with Crippen LogP contribution in [-0.2, 0) is 0 Å². The number of hydrogen-bond acceptors (Lipinski definition) is 4. The van der Waals surface area contributed by atoms with Crippen molar-refractivity contribution in [2.75, 3.05) is 25.0 Å². The number of aromatic nitrogens is 1. The summed E-state index contributed by atoms with van der Waals surface area (Å²) in [7, 11) is 0. The van der Waals surface area contributed by atoms with E-state index in [1.807, 2.05) is 0 Å². The van der Waals surface area contributed by atoms with Crippen LogP contribution in [0.5, 0.6) is 0 Å². The van der Waals surface area contributed by atoms with Crippen LogP contribution in [0.3, 0.4) is 0 Å². The molecule has 100 valence electrons. The molecule has 6 nitrogen and oxygen atoms in total. The van der Waals surface area contributed by atoms with Crippen molar-refractivity contribution in [3.05, 3.63) is 11.8 Å². The second-order valence-electron chi connectivity index (χ2n) is 4.58. The lowest BCUT2D eigenvalue weighted by Crippen LogP contribution is -2.41. The van der Waals surface area contributed by atoms with E-state index >= 15 is 0 Å². The number of likely N-dealkylation sites (N-methyl/N-ethyl adjacent to an activating group) is 1. The number of amides is 2. The molecule has 0 bridgehead atoms. The van der Waals surface area contributed by atoms with E-state index in [-0.39, 0.29) is 6.03 Å². The molecule has 18 heavy (non-hydrogen) atoms. The molecular formula is C12H20N4O2. The maximum atomic E-state index is 11.7. The molecule has 6 heteroatoms. The second kappa shape index (κ2) is 5.86. The van der Waals surface area contributed by atoms with Crippen LogP contribution in [0, 0.1) is 6.92 Å². The molecule has 1 aromatic heterocycles. The molecule has 1 unspecified atom stereocenters. The van der Waals surface area contributed by atoms with Crippen molar-refractivity contribution < 1.29 is 9.32 Å². The number of hydrogen-bond donors (Lipinski definition) is 2. The first-order valence-corrected chi connectivity index (χ1v) is 6.41. The number of carbonyl (C=O) groups is 1. The molecule has 2 rings (SSSR count). The first kappa shape index (κ1) is 12.9. The van der Waals surface area contributed by atoms with E-state index in [4.69, 9.17) is 4.52 Å². The van der Waals surface area contributed by atoms with Crippen molar-refractivity contribution in [2.24, 2.45) is 0 Å². The summed E-state index contributed by atoms with van der Waals surface area (Å²) >= 11 is 0. The van der Waals surface area contributed by atoms with Gasteiger partial charge in [0.2, 0.25) is 0 Å². The predicted molar refractivity (Wildman–Crippen MR) is 68.5 cm³/mol.